The molecular weight excluding hydrogens is 169 g/mol. The van der Waals surface area contributed by atoms with Crippen molar-refractivity contribution >= 4 is 17.5 Å². The summed E-state index contributed by atoms with van der Waals surface area (Å²) in [6, 6.07) is 0. The van der Waals surface area contributed by atoms with Crippen LogP contribution in [0.5, 0.6) is 0 Å². The summed E-state index contributed by atoms with van der Waals surface area (Å²) in [4.78, 5) is 12.6. The van der Waals surface area contributed by atoms with Crippen LogP contribution in [0.2, 0.25) is 0 Å². The van der Waals surface area contributed by atoms with E-state index < -0.39 is 6.17 Å². The van der Waals surface area contributed by atoms with E-state index in [1.165, 1.54) is 4.90 Å². The summed E-state index contributed by atoms with van der Waals surface area (Å²) < 4.78 is 12.5. The molecule has 1 rings (SSSR count). The lowest BCUT2D eigenvalue weighted by molar-refractivity contribution is -0.129. The molecule has 0 aromatic rings. The fourth-order valence-corrected chi connectivity index (χ4v) is 1.34. The zero-order valence-corrected chi connectivity index (χ0v) is 6.98. The quantitative estimate of drug-likeness (QED) is 0.583. The van der Waals surface area contributed by atoms with E-state index in [0.29, 0.717) is 25.3 Å². The van der Waals surface area contributed by atoms with Gasteiger partial charge in [-0.1, -0.05) is 0 Å². The molecule has 4 heteroatoms. The van der Waals surface area contributed by atoms with Crippen molar-refractivity contribution in [2.45, 2.75) is 19.0 Å². The predicted molar refractivity (Wildman–Crippen MR) is 41.4 cm³/mol. The monoisotopic (exact) mass is 179 g/mol. The lowest BCUT2D eigenvalue weighted by Gasteiger charge is -2.13. The highest BCUT2D eigenvalue weighted by atomic mass is 35.5. The Bertz CT molecular complexity index is 153. The van der Waals surface area contributed by atoms with E-state index in [4.69, 9.17) is 11.6 Å². The van der Waals surface area contributed by atoms with Crippen molar-refractivity contribution in [3.8, 4) is 0 Å². The van der Waals surface area contributed by atoms with Gasteiger partial charge >= 0.3 is 0 Å². The van der Waals surface area contributed by atoms with E-state index >= 15 is 0 Å². The van der Waals surface area contributed by atoms with E-state index in [0.717, 1.165) is 0 Å². The number of hydrogen-bond donors (Lipinski definition) is 0. The largest absolute Gasteiger partial charge is 0.340 e. The van der Waals surface area contributed by atoms with Crippen LogP contribution in [0.3, 0.4) is 0 Å². The lowest BCUT2D eigenvalue weighted by Crippen LogP contribution is -2.28. The molecule has 0 aromatic heterocycles. The summed E-state index contributed by atoms with van der Waals surface area (Å²) in [5.41, 5.74) is 0. The first-order valence-electron chi connectivity index (χ1n) is 3.72. The first-order valence-corrected chi connectivity index (χ1v) is 4.25. The number of carbonyl (C=O) groups is 1. The van der Waals surface area contributed by atoms with Gasteiger partial charge in [-0.15, -0.1) is 11.6 Å². The minimum Gasteiger partial charge on any atom is -0.340 e. The number of nitrogens with zero attached hydrogens (tertiary/aromatic N) is 1. The van der Waals surface area contributed by atoms with Gasteiger partial charge in [-0.25, -0.2) is 4.39 Å². The second kappa shape index (κ2) is 3.90. The molecule has 1 amide bonds. The Labute approximate surface area is 70.3 Å². The third-order valence-corrected chi connectivity index (χ3v) is 1.98. The number of alkyl halides is 2. The lowest BCUT2D eigenvalue weighted by atomic mass is 10.3. The van der Waals surface area contributed by atoms with Crippen molar-refractivity contribution in [3.63, 3.8) is 0 Å². The van der Waals surface area contributed by atoms with Gasteiger partial charge in [-0.3, -0.25) is 4.79 Å². The third-order valence-electron chi connectivity index (χ3n) is 1.79. The molecule has 0 spiro atoms. The molecule has 0 aromatic carbocycles. The normalized spacial score (nSPS) is 24.2. The smallest absolute Gasteiger partial charge is 0.223 e. The Morgan fingerprint density at radius 3 is 2.91 bits per heavy atom. The van der Waals surface area contributed by atoms with Crippen molar-refractivity contribution in [1.82, 2.24) is 4.90 Å². The maximum absolute atomic E-state index is 12.5. The molecule has 1 heterocycles. The minimum atomic E-state index is -0.825. The van der Waals surface area contributed by atoms with Gasteiger partial charge in [-0.2, -0.15) is 0 Å². The summed E-state index contributed by atoms with van der Waals surface area (Å²) in [7, 11) is 0. The van der Waals surface area contributed by atoms with E-state index in [1.807, 2.05) is 0 Å². The van der Waals surface area contributed by atoms with Crippen LogP contribution in [0, 0.1) is 0 Å². The van der Waals surface area contributed by atoms with Crippen LogP contribution in [0.1, 0.15) is 12.8 Å². The Morgan fingerprint density at radius 1 is 1.73 bits per heavy atom. The van der Waals surface area contributed by atoms with Gasteiger partial charge in [0.2, 0.25) is 5.91 Å². The Kier molecular flexibility index (Phi) is 3.12. The van der Waals surface area contributed by atoms with E-state index in [2.05, 4.69) is 0 Å². The first kappa shape index (κ1) is 8.78. The number of halogens is 2. The van der Waals surface area contributed by atoms with Gasteiger partial charge in [0, 0.05) is 18.8 Å². The molecule has 0 bridgehead atoms. The maximum atomic E-state index is 12.5. The highest BCUT2D eigenvalue weighted by molar-refractivity contribution is 6.18. The Hall–Kier alpha value is -0.310. The minimum absolute atomic E-state index is 0.0276. The van der Waals surface area contributed by atoms with Crippen molar-refractivity contribution in [2.75, 3.05) is 19.0 Å². The van der Waals surface area contributed by atoms with Crippen LogP contribution in [0.15, 0.2) is 0 Å². The number of rotatable bonds is 2. The molecular formula is C7H11ClFNO. The number of amides is 1. The molecule has 1 aliphatic heterocycles. The van der Waals surface area contributed by atoms with Gasteiger partial charge < -0.3 is 4.90 Å². The molecule has 11 heavy (non-hydrogen) atoms. The molecule has 1 fully saturated rings. The van der Waals surface area contributed by atoms with E-state index in [-0.39, 0.29) is 12.5 Å². The van der Waals surface area contributed by atoms with Gasteiger partial charge in [-0.05, 0) is 6.42 Å². The van der Waals surface area contributed by atoms with Crippen molar-refractivity contribution in [3.05, 3.63) is 0 Å². The Balaban J connectivity index is 2.31. The van der Waals surface area contributed by atoms with Gasteiger partial charge in [0.05, 0.1) is 6.54 Å². The number of carbonyl (C=O) groups excluding carboxylic acids is 1. The van der Waals surface area contributed by atoms with Gasteiger partial charge in [0.15, 0.2) is 0 Å². The average molecular weight is 180 g/mol. The molecule has 64 valence electrons. The highest BCUT2D eigenvalue weighted by Crippen LogP contribution is 2.13. The average Bonchev–Trinajstić information content (AvgIpc) is 2.36. The second-order valence-corrected chi connectivity index (χ2v) is 3.04. The van der Waals surface area contributed by atoms with Gasteiger partial charge in [0.1, 0.15) is 6.17 Å². The molecule has 0 aliphatic carbocycles. The summed E-state index contributed by atoms with van der Waals surface area (Å²) in [6.07, 6.45) is -0.0169. The van der Waals surface area contributed by atoms with E-state index in [9.17, 15) is 9.18 Å². The van der Waals surface area contributed by atoms with Crippen LogP contribution in [-0.4, -0.2) is 35.9 Å². The highest BCUT2D eigenvalue weighted by Gasteiger charge is 2.24. The topological polar surface area (TPSA) is 20.3 Å². The Morgan fingerprint density at radius 2 is 2.45 bits per heavy atom. The summed E-state index contributed by atoms with van der Waals surface area (Å²) in [6.45, 7) is 0.812. The van der Waals surface area contributed by atoms with Crippen LogP contribution >= 0.6 is 11.6 Å². The van der Waals surface area contributed by atoms with Crippen molar-refractivity contribution < 1.29 is 9.18 Å². The summed E-state index contributed by atoms with van der Waals surface area (Å²) >= 11 is 5.37. The fourth-order valence-electron chi connectivity index (χ4n) is 1.18. The molecule has 2 nitrogen and oxygen atoms in total. The fraction of sp³-hybridized carbons (Fsp3) is 0.857. The van der Waals surface area contributed by atoms with Crippen molar-refractivity contribution in [1.29, 1.82) is 0 Å². The van der Waals surface area contributed by atoms with Crippen molar-refractivity contribution in [2.24, 2.45) is 0 Å². The molecule has 1 unspecified atom stereocenters. The SMILES string of the molecule is O=C(CCCl)N1CCC(F)C1. The number of likely N-dealkylation sites (tertiary alicyclic amines) is 1. The number of hydrogen-bond acceptors (Lipinski definition) is 1. The van der Waals surface area contributed by atoms with Crippen LogP contribution in [0.4, 0.5) is 4.39 Å². The molecule has 1 saturated heterocycles. The summed E-state index contributed by atoms with van der Waals surface area (Å²) in [5.74, 6) is 0.298. The predicted octanol–water partition coefficient (Wildman–Crippen LogP) is 1.19. The molecule has 0 radical (unpaired) electrons. The molecule has 1 atom stereocenters. The first-order chi connectivity index (χ1) is 5.24. The van der Waals surface area contributed by atoms with Crippen LogP contribution in [0.25, 0.3) is 0 Å². The zero-order chi connectivity index (χ0) is 8.27. The maximum Gasteiger partial charge on any atom is 0.223 e. The van der Waals surface area contributed by atoms with E-state index in [1.54, 1.807) is 0 Å². The summed E-state index contributed by atoms with van der Waals surface area (Å²) in [5, 5.41) is 0. The van der Waals surface area contributed by atoms with Crippen LogP contribution in [-0.2, 0) is 4.79 Å². The molecule has 1 aliphatic rings. The third kappa shape index (κ3) is 2.33. The van der Waals surface area contributed by atoms with Crippen LogP contribution < -0.4 is 0 Å². The zero-order valence-electron chi connectivity index (χ0n) is 6.22. The second-order valence-electron chi connectivity index (χ2n) is 2.66. The molecule has 0 N–H and O–H groups in total. The van der Waals surface area contributed by atoms with Gasteiger partial charge in [0.25, 0.3) is 0 Å². The molecule has 0 saturated carbocycles. The standard InChI is InChI=1S/C7H11ClFNO/c8-3-1-7(11)10-4-2-6(9)5-10/h6H,1-5H2.